The van der Waals surface area contributed by atoms with Crippen molar-refractivity contribution in [1.29, 1.82) is 0 Å². The van der Waals surface area contributed by atoms with Gasteiger partial charge in [-0.2, -0.15) is 0 Å². The van der Waals surface area contributed by atoms with Crippen LogP contribution in [0.4, 0.5) is 11.4 Å². The highest BCUT2D eigenvalue weighted by molar-refractivity contribution is 7.89. The monoisotopic (exact) mass is 313 g/mol. The molecule has 2 unspecified atom stereocenters. The maximum absolute atomic E-state index is 12.5. The molecule has 0 bridgehead atoms. The molecule has 0 aliphatic heterocycles. The molecule has 0 spiro atoms. The normalized spacial score (nSPS) is 21.3. The van der Waals surface area contributed by atoms with Gasteiger partial charge in [-0.15, -0.1) is 0 Å². The third kappa shape index (κ3) is 3.16. The van der Waals surface area contributed by atoms with Crippen LogP contribution < -0.4 is 5.32 Å². The molecule has 7 nitrogen and oxygen atoms in total. The lowest BCUT2D eigenvalue weighted by atomic mass is 10.3. The van der Waals surface area contributed by atoms with Crippen LogP contribution >= 0.6 is 0 Å². The van der Waals surface area contributed by atoms with Crippen LogP contribution in [-0.2, 0) is 10.0 Å². The number of nitrogens with one attached hydrogen (secondary N) is 1. The predicted molar refractivity (Wildman–Crippen MR) is 79.7 cm³/mol. The van der Waals surface area contributed by atoms with Gasteiger partial charge in [-0.3, -0.25) is 10.1 Å². The van der Waals surface area contributed by atoms with Gasteiger partial charge in [0.05, 0.1) is 9.82 Å². The number of nitro benzene ring substituents is 1. The highest BCUT2D eigenvalue weighted by Crippen LogP contribution is 2.39. The van der Waals surface area contributed by atoms with Gasteiger partial charge in [-0.25, -0.2) is 12.7 Å². The van der Waals surface area contributed by atoms with Crippen LogP contribution in [-0.4, -0.2) is 38.3 Å². The van der Waals surface area contributed by atoms with Gasteiger partial charge in [0.25, 0.3) is 5.69 Å². The van der Waals surface area contributed by atoms with E-state index in [2.05, 4.69) is 12.2 Å². The number of anilines is 1. The molecule has 1 fully saturated rings. The first-order valence-corrected chi connectivity index (χ1v) is 8.14. The molecule has 2 rings (SSSR count). The Hall–Kier alpha value is -1.67. The zero-order chi connectivity index (χ0) is 15.8. The van der Waals surface area contributed by atoms with Gasteiger partial charge < -0.3 is 5.32 Å². The summed E-state index contributed by atoms with van der Waals surface area (Å²) in [5.41, 5.74) is 0.0455. The highest BCUT2D eigenvalue weighted by atomic mass is 32.2. The lowest BCUT2D eigenvalue weighted by molar-refractivity contribution is -0.384. The van der Waals surface area contributed by atoms with Crippen molar-refractivity contribution in [3.63, 3.8) is 0 Å². The summed E-state index contributed by atoms with van der Waals surface area (Å²) in [7, 11) is -0.633. The molecule has 1 N–H and O–H groups in total. The van der Waals surface area contributed by atoms with E-state index in [1.165, 1.54) is 23.5 Å². The number of nitrogens with zero attached hydrogens (tertiary/aromatic N) is 2. The van der Waals surface area contributed by atoms with Crippen molar-refractivity contribution in [2.45, 2.75) is 18.2 Å². The quantitative estimate of drug-likeness (QED) is 0.639. The average Bonchev–Trinajstić information content (AvgIpc) is 3.13. The molecule has 2 atom stereocenters. The second-order valence-corrected chi connectivity index (χ2v) is 7.49. The smallest absolute Gasteiger partial charge is 0.293 e. The number of hydrogen-bond donors (Lipinski definition) is 1. The van der Waals surface area contributed by atoms with Gasteiger partial charge in [-0.1, -0.05) is 6.92 Å². The van der Waals surface area contributed by atoms with E-state index in [-0.39, 0.29) is 16.3 Å². The summed E-state index contributed by atoms with van der Waals surface area (Å²) in [4.78, 5) is 10.4. The Bertz CT molecular complexity index is 659. The summed E-state index contributed by atoms with van der Waals surface area (Å²) >= 11 is 0. The van der Waals surface area contributed by atoms with Gasteiger partial charge in [0.2, 0.25) is 10.0 Å². The Kier molecular flexibility index (Phi) is 4.20. The van der Waals surface area contributed by atoms with Crippen LogP contribution in [0.15, 0.2) is 23.1 Å². The van der Waals surface area contributed by atoms with Gasteiger partial charge in [-0.05, 0) is 30.4 Å². The van der Waals surface area contributed by atoms with Gasteiger partial charge in [0, 0.05) is 26.7 Å². The average molecular weight is 313 g/mol. The largest absolute Gasteiger partial charge is 0.383 e. The summed E-state index contributed by atoms with van der Waals surface area (Å²) < 4.78 is 26.2. The molecule has 1 aromatic carbocycles. The van der Waals surface area contributed by atoms with Crippen molar-refractivity contribution in [3.05, 3.63) is 28.3 Å². The minimum atomic E-state index is -3.70. The summed E-state index contributed by atoms with van der Waals surface area (Å²) in [6.07, 6.45) is 1.03. The van der Waals surface area contributed by atoms with Crippen molar-refractivity contribution < 1.29 is 13.3 Å². The lowest BCUT2D eigenvalue weighted by Crippen LogP contribution is -2.29. The molecular formula is C13H19N3O4S. The maximum Gasteiger partial charge on any atom is 0.293 e. The van der Waals surface area contributed by atoms with Crippen molar-refractivity contribution in [2.75, 3.05) is 26.0 Å². The molecule has 116 valence electrons. The van der Waals surface area contributed by atoms with Crippen LogP contribution in [0.5, 0.6) is 0 Å². The van der Waals surface area contributed by atoms with Crippen molar-refractivity contribution in [1.82, 2.24) is 4.31 Å². The lowest BCUT2D eigenvalue weighted by Gasteiger charge is -2.17. The van der Waals surface area contributed by atoms with E-state index < -0.39 is 14.9 Å². The minimum Gasteiger partial charge on any atom is -0.383 e. The second-order valence-electron chi connectivity index (χ2n) is 5.44. The fraction of sp³-hybridized carbons (Fsp3) is 0.538. The molecule has 0 amide bonds. The summed E-state index contributed by atoms with van der Waals surface area (Å²) in [6.45, 7) is 2.53. The molecule has 1 aliphatic rings. The van der Waals surface area contributed by atoms with E-state index in [0.717, 1.165) is 12.5 Å². The SMILES string of the molecule is CNc1ccc(S(=O)(=O)N(C)CC2CC2C)cc1[N+](=O)[O-]. The third-order valence-corrected chi connectivity index (χ3v) is 5.73. The molecule has 1 aliphatic carbocycles. The molecule has 0 saturated heterocycles. The van der Waals surface area contributed by atoms with Crippen molar-refractivity contribution in [2.24, 2.45) is 11.8 Å². The molecule has 0 radical (unpaired) electrons. The first-order valence-electron chi connectivity index (χ1n) is 6.70. The summed E-state index contributed by atoms with van der Waals surface area (Å²) in [6, 6.07) is 3.91. The van der Waals surface area contributed by atoms with Gasteiger partial charge in [0.15, 0.2) is 0 Å². The van der Waals surface area contributed by atoms with Gasteiger partial charge in [0.1, 0.15) is 5.69 Å². The number of nitro groups is 1. The van der Waals surface area contributed by atoms with Crippen LogP contribution in [0.25, 0.3) is 0 Å². The highest BCUT2D eigenvalue weighted by Gasteiger charge is 2.36. The summed E-state index contributed by atoms with van der Waals surface area (Å²) in [5, 5.41) is 13.7. The number of sulfonamides is 1. The molecule has 1 aromatic rings. The first kappa shape index (κ1) is 15.7. The van der Waals surface area contributed by atoms with Crippen LogP contribution in [0.1, 0.15) is 13.3 Å². The molecule has 0 aromatic heterocycles. The fourth-order valence-corrected chi connectivity index (χ4v) is 3.54. The van der Waals surface area contributed by atoms with Crippen LogP contribution in [0.2, 0.25) is 0 Å². The minimum absolute atomic E-state index is 0.0518. The molecule has 1 saturated carbocycles. The van der Waals surface area contributed by atoms with Gasteiger partial charge >= 0.3 is 0 Å². The van der Waals surface area contributed by atoms with Crippen molar-refractivity contribution >= 4 is 21.4 Å². The Morgan fingerprint density at radius 3 is 2.57 bits per heavy atom. The van der Waals surface area contributed by atoms with Crippen LogP contribution in [0.3, 0.4) is 0 Å². The molecule has 21 heavy (non-hydrogen) atoms. The zero-order valence-electron chi connectivity index (χ0n) is 12.2. The van der Waals surface area contributed by atoms with E-state index in [1.807, 2.05) is 0 Å². The van der Waals surface area contributed by atoms with Crippen LogP contribution in [0, 0.1) is 22.0 Å². The Balaban J connectivity index is 2.31. The van der Waals surface area contributed by atoms with E-state index in [1.54, 1.807) is 7.05 Å². The topological polar surface area (TPSA) is 92.6 Å². The van der Waals surface area contributed by atoms with Crippen molar-refractivity contribution in [3.8, 4) is 0 Å². The predicted octanol–water partition coefficient (Wildman–Crippen LogP) is 1.91. The molecule has 0 heterocycles. The van der Waals surface area contributed by atoms with E-state index in [0.29, 0.717) is 18.4 Å². The van der Waals surface area contributed by atoms with E-state index >= 15 is 0 Å². The molecular weight excluding hydrogens is 294 g/mol. The van der Waals surface area contributed by atoms with E-state index in [9.17, 15) is 18.5 Å². The Morgan fingerprint density at radius 1 is 1.48 bits per heavy atom. The first-order chi connectivity index (χ1) is 9.77. The number of hydrogen-bond acceptors (Lipinski definition) is 5. The maximum atomic E-state index is 12.5. The Labute approximate surface area is 124 Å². The molecule has 8 heteroatoms. The standard InChI is InChI=1S/C13H19N3O4S/c1-9-6-10(9)8-15(3)21(19,20)11-4-5-12(14-2)13(7-11)16(17)18/h4-5,7,9-10,14H,6,8H2,1-3H3. The Morgan fingerprint density at radius 2 is 2.10 bits per heavy atom. The summed E-state index contributed by atoms with van der Waals surface area (Å²) in [5.74, 6) is 0.931. The third-order valence-electron chi connectivity index (χ3n) is 3.91. The number of benzene rings is 1. The zero-order valence-corrected chi connectivity index (χ0v) is 13.1. The van der Waals surface area contributed by atoms with E-state index in [4.69, 9.17) is 0 Å². The number of rotatable bonds is 6. The second kappa shape index (κ2) is 5.61. The fourth-order valence-electron chi connectivity index (χ4n) is 2.30.